The molecule has 2 N–H and O–H groups in total. The Hall–Kier alpha value is -0.350. The molecule has 1 fully saturated rings. The number of allylic oxidation sites excluding steroid dienone is 2. The largest absolute Gasteiger partial charge is 0.501 e. The Morgan fingerprint density at radius 1 is 1.14 bits per heavy atom. The molecule has 1 rings (SSSR count). The molecular weight excluding hydrogens is 291 g/mol. The van der Waals surface area contributed by atoms with Gasteiger partial charge in [0.25, 0.3) is 0 Å². The molecule has 6 heteroatoms. The topological polar surface area (TPSA) is 76.0 Å². The maximum atomic E-state index is 11.0. The van der Waals surface area contributed by atoms with Crippen molar-refractivity contribution >= 4 is 7.82 Å². The van der Waals surface area contributed by atoms with Gasteiger partial charge >= 0.3 is 7.82 Å². The van der Waals surface area contributed by atoms with Crippen LogP contribution in [-0.2, 0) is 13.8 Å². The van der Waals surface area contributed by atoms with Crippen LogP contribution in [0.3, 0.4) is 0 Å². The van der Waals surface area contributed by atoms with Gasteiger partial charge in [-0.3, -0.25) is 4.52 Å². The van der Waals surface area contributed by atoms with Crippen LogP contribution in [0.5, 0.6) is 0 Å². The second kappa shape index (κ2) is 7.77. The molecule has 0 radical (unpaired) electrons. The minimum atomic E-state index is -4.42. The van der Waals surface area contributed by atoms with E-state index >= 15 is 0 Å². The Morgan fingerprint density at radius 2 is 1.71 bits per heavy atom. The van der Waals surface area contributed by atoms with E-state index in [2.05, 4.69) is 27.7 Å². The molecule has 1 aliphatic carbocycles. The summed E-state index contributed by atoms with van der Waals surface area (Å²) in [5, 5.41) is 0. The van der Waals surface area contributed by atoms with Crippen molar-refractivity contribution in [2.24, 2.45) is 17.8 Å². The van der Waals surface area contributed by atoms with E-state index < -0.39 is 13.9 Å². The number of rotatable bonds is 6. The second-order valence-corrected chi connectivity index (χ2v) is 7.61. The van der Waals surface area contributed by atoms with E-state index in [1.807, 2.05) is 0 Å². The van der Waals surface area contributed by atoms with E-state index in [0.29, 0.717) is 24.7 Å². The summed E-state index contributed by atoms with van der Waals surface area (Å²) in [5.74, 6) is 1.95. The van der Waals surface area contributed by atoms with Gasteiger partial charge in [0, 0.05) is 5.92 Å². The molecule has 21 heavy (non-hydrogen) atoms. The van der Waals surface area contributed by atoms with Crippen LogP contribution in [0.4, 0.5) is 0 Å². The molecule has 0 aromatic rings. The third-order valence-electron chi connectivity index (χ3n) is 4.03. The lowest BCUT2D eigenvalue weighted by Gasteiger charge is -2.33. The van der Waals surface area contributed by atoms with Crippen molar-refractivity contribution in [3.63, 3.8) is 0 Å². The van der Waals surface area contributed by atoms with E-state index in [1.165, 1.54) is 5.57 Å². The van der Waals surface area contributed by atoms with Gasteiger partial charge < -0.3 is 14.5 Å². The first-order chi connectivity index (χ1) is 9.65. The van der Waals surface area contributed by atoms with Crippen molar-refractivity contribution in [1.82, 2.24) is 0 Å². The van der Waals surface area contributed by atoms with Crippen molar-refractivity contribution in [2.45, 2.75) is 59.5 Å². The van der Waals surface area contributed by atoms with Crippen LogP contribution in [0.2, 0.25) is 0 Å². The average Bonchev–Trinajstić information content (AvgIpc) is 2.32. The lowest BCUT2D eigenvalue weighted by atomic mass is 9.80. The lowest BCUT2D eigenvalue weighted by molar-refractivity contribution is 0.0756. The van der Waals surface area contributed by atoms with Crippen LogP contribution < -0.4 is 0 Å². The normalized spacial score (nSPS) is 23.5. The number of hydrogen-bond donors (Lipinski definition) is 2. The molecule has 1 aliphatic rings. The predicted octanol–water partition coefficient (Wildman–Crippen LogP) is 3.87. The van der Waals surface area contributed by atoms with E-state index in [0.717, 1.165) is 18.6 Å². The van der Waals surface area contributed by atoms with E-state index in [4.69, 9.17) is 19.0 Å². The Bertz CT molecular complexity index is 400. The van der Waals surface area contributed by atoms with Crippen molar-refractivity contribution in [3.8, 4) is 0 Å². The fourth-order valence-electron chi connectivity index (χ4n) is 3.43. The molecule has 0 aromatic carbocycles. The summed E-state index contributed by atoms with van der Waals surface area (Å²) in [7, 11) is -2.73. The molecule has 0 aromatic heterocycles. The SMILES string of the molecule is COC(=C(C(C)C)C(C)C)C1CCCC(OP(=O)(O)O)C1. The minimum absolute atomic E-state index is 0.181. The first kappa shape index (κ1) is 18.7. The number of methoxy groups -OCH3 is 1. The number of ether oxygens (including phenoxy) is 1. The highest BCUT2D eigenvalue weighted by Crippen LogP contribution is 2.44. The summed E-state index contributed by atoms with van der Waals surface area (Å²) in [6, 6.07) is 0. The van der Waals surface area contributed by atoms with Gasteiger partial charge in [0.2, 0.25) is 0 Å². The minimum Gasteiger partial charge on any atom is -0.501 e. The Kier molecular flexibility index (Phi) is 6.92. The quantitative estimate of drug-likeness (QED) is 0.574. The monoisotopic (exact) mass is 320 g/mol. The summed E-state index contributed by atoms with van der Waals surface area (Å²) >= 11 is 0. The molecule has 2 atom stereocenters. The van der Waals surface area contributed by atoms with Crippen LogP contribution in [0.1, 0.15) is 53.4 Å². The van der Waals surface area contributed by atoms with Gasteiger partial charge in [0.15, 0.2) is 0 Å². The third-order valence-corrected chi connectivity index (χ3v) is 4.60. The zero-order valence-corrected chi connectivity index (χ0v) is 14.6. The first-order valence-electron chi connectivity index (χ1n) is 7.67. The van der Waals surface area contributed by atoms with Gasteiger partial charge in [0.05, 0.1) is 19.0 Å². The predicted molar refractivity (Wildman–Crippen MR) is 82.6 cm³/mol. The van der Waals surface area contributed by atoms with Crippen LogP contribution in [0.15, 0.2) is 11.3 Å². The maximum Gasteiger partial charge on any atom is 0.469 e. The Labute approximate surface area is 128 Å². The first-order valence-corrected chi connectivity index (χ1v) is 9.20. The molecule has 0 heterocycles. The summed E-state index contributed by atoms with van der Waals surface area (Å²) in [6.45, 7) is 8.61. The van der Waals surface area contributed by atoms with Gasteiger partial charge in [-0.25, -0.2) is 4.57 Å². The van der Waals surface area contributed by atoms with Gasteiger partial charge in [-0.15, -0.1) is 0 Å². The highest BCUT2D eigenvalue weighted by Gasteiger charge is 2.32. The fourth-order valence-corrected chi connectivity index (χ4v) is 4.01. The van der Waals surface area contributed by atoms with E-state index in [9.17, 15) is 4.57 Å². The smallest absolute Gasteiger partial charge is 0.469 e. The molecule has 0 saturated heterocycles. The standard InChI is InChI=1S/C15H29O5P/c1-10(2)14(11(3)4)15(19-5)12-7-6-8-13(9-12)20-21(16,17)18/h10-13H,6-9H2,1-5H3,(H2,16,17,18). The summed E-state index contributed by atoms with van der Waals surface area (Å²) in [5.41, 5.74) is 1.29. The van der Waals surface area contributed by atoms with E-state index in [-0.39, 0.29) is 5.92 Å². The average molecular weight is 320 g/mol. The highest BCUT2D eigenvalue weighted by molar-refractivity contribution is 7.46. The van der Waals surface area contributed by atoms with Crippen molar-refractivity contribution in [3.05, 3.63) is 11.3 Å². The number of phosphoric ester groups is 1. The van der Waals surface area contributed by atoms with Gasteiger partial charge in [-0.1, -0.05) is 34.1 Å². The van der Waals surface area contributed by atoms with Gasteiger partial charge in [-0.2, -0.15) is 0 Å². The molecular formula is C15H29O5P. The second-order valence-electron chi connectivity index (χ2n) is 6.41. The maximum absolute atomic E-state index is 11.0. The molecule has 0 amide bonds. The van der Waals surface area contributed by atoms with Crippen LogP contribution >= 0.6 is 7.82 Å². The van der Waals surface area contributed by atoms with Crippen molar-refractivity contribution < 1.29 is 23.6 Å². The van der Waals surface area contributed by atoms with Crippen molar-refractivity contribution in [1.29, 1.82) is 0 Å². The summed E-state index contributed by atoms with van der Waals surface area (Å²) < 4.78 is 21.6. The molecule has 124 valence electrons. The number of hydrogen-bond acceptors (Lipinski definition) is 3. The molecule has 5 nitrogen and oxygen atoms in total. The van der Waals surface area contributed by atoms with Crippen LogP contribution in [0, 0.1) is 17.8 Å². The molecule has 0 aliphatic heterocycles. The summed E-state index contributed by atoms with van der Waals surface area (Å²) in [6.07, 6.45) is 2.78. The van der Waals surface area contributed by atoms with Gasteiger partial charge in [0.1, 0.15) is 0 Å². The van der Waals surface area contributed by atoms with Crippen molar-refractivity contribution in [2.75, 3.05) is 7.11 Å². The lowest BCUT2D eigenvalue weighted by Crippen LogP contribution is -2.25. The van der Waals surface area contributed by atoms with Crippen LogP contribution in [0.25, 0.3) is 0 Å². The molecule has 0 spiro atoms. The zero-order valence-electron chi connectivity index (χ0n) is 13.7. The van der Waals surface area contributed by atoms with Crippen LogP contribution in [-0.4, -0.2) is 23.0 Å². The summed E-state index contributed by atoms with van der Waals surface area (Å²) in [4.78, 5) is 18.0. The van der Waals surface area contributed by atoms with E-state index in [1.54, 1.807) is 7.11 Å². The highest BCUT2D eigenvalue weighted by atomic mass is 31.2. The number of phosphoric acid groups is 1. The zero-order chi connectivity index (χ0) is 16.2. The fraction of sp³-hybridized carbons (Fsp3) is 0.867. The molecule has 0 bridgehead atoms. The Morgan fingerprint density at radius 3 is 2.14 bits per heavy atom. The Balaban J connectivity index is 2.95. The third kappa shape index (κ3) is 5.74. The molecule has 2 unspecified atom stereocenters. The van der Waals surface area contributed by atoms with Gasteiger partial charge in [-0.05, 0) is 36.7 Å². The molecule has 1 saturated carbocycles.